The molecule has 1 heterocycles. The van der Waals surface area contributed by atoms with E-state index in [1.165, 1.54) is 0 Å². The molecule has 2 aromatic rings. The zero-order valence-corrected chi connectivity index (χ0v) is 11.7. The van der Waals surface area contributed by atoms with E-state index >= 15 is 0 Å². The van der Waals surface area contributed by atoms with E-state index in [0.717, 1.165) is 21.4 Å². The minimum Gasteiger partial charge on any atom is -0.355 e. The van der Waals surface area contributed by atoms with Crippen LogP contribution < -0.4 is 5.32 Å². The van der Waals surface area contributed by atoms with Crippen LogP contribution in [-0.2, 0) is 6.42 Å². The minimum atomic E-state index is 0.0971. The van der Waals surface area contributed by atoms with Crippen molar-refractivity contribution in [3.8, 4) is 0 Å². The van der Waals surface area contributed by atoms with Crippen LogP contribution in [0.5, 0.6) is 0 Å². The van der Waals surface area contributed by atoms with Crippen molar-refractivity contribution >= 4 is 44.7 Å². The Morgan fingerprint density at radius 2 is 1.89 bits per heavy atom. The van der Waals surface area contributed by atoms with Gasteiger partial charge < -0.3 is 5.32 Å². The number of Topliss-reactive ketones (excluding diaryl/α,β-unsaturated/α-hetero) is 1. The fourth-order valence-corrected chi connectivity index (χ4v) is 2.66. The zero-order chi connectivity index (χ0) is 12.7. The molecule has 0 radical (unpaired) electrons. The molecule has 0 spiro atoms. The van der Waals surface area contributed by atoms with Gasteiger partial charge in [-0.05, 0) is 42.0 Å². The molecular formula is C14H9BrClNO. The summed E-state index contributed by atoms with van der Waals surface area (Å²) in [5.41, 5.74) is 3.41. The highest BCUT2D eigenvalue weighted by Gasteiger charge is 2.19. The van der Waals surface area contributed by atoms with Gasteiger partial charge in [-0.1, -0.05) is 27.5 Å². The van der Waals surface area contributed by atoms with Gasteiger partial charge in [-0.3, -0.25) is 4.79 Å². The van der Waals surface area contributed by atoms with Gasteiger partial charge in [-0.2, -0.15) is 0 Å². The molecule has 18 heavy (non-hydrogen) atoms. The van der Waals surface area contributed by atoms with Gasteiger partial charge in [0.15, 0.2) is 5.78 Å². The summed E-state index contributed by atoms with van der Waals surface area (Å²) in [6.07, 6.45) is 0.367. The number of fused-ring (bicyclic) bond motifs is 2. The molecule has 0 fully saturated rings. The first-order chi connectivity index (χ1) is 8.63. The molecule has 1 aliphatic rings. The highest BCUT2D eigenvalue weighted by Crippen LogP contribution is 2.32. The van der Waals surface area contributed by atoms with Crippen LogP contribution in [0.25, 0.3) is 0 Å². The van der Waals surface area contributed by atoms with Crippen molar-refractivity contribution in [2.24, 2.45) is 0 Å². The van der Waals surface area contributed by atoms with E-state index in [0.29, 0.717) is 17.0 Å². The van der Waals surface area contributed by atoms with Crippen molar-refractivity contribution in [3.05, 3.63) is 57.0 Å². The van der Waals surface area contributed by atoms with Crippen LogP contribution in [-0.4, -0.2) is 5.78 Å². The van der Waals surface area contributed by atoms with Gasteiger partial charge in [0.1, 0.15) is 0 Å². The Morgan fingerprint density at radius 3 is 2.72 bits per heavy atom. The molecule has 0 bridgehead atoms. The summed E-state index contributed by atoms with van der Waals surface area (Å²) in [4.78, 5) is 12.2. The van der Waals surface area contributed by atoms with Crippen LogP contribution in [0.3, 0.4) is 0 Å². The van der Waals surface area contributed by atoms with Crippen molar-refractivity contribution in [1.82, 2.24) is 0 Å². The normalized spacial score (nSPS) is 13.3. The lowest BCUT2D eigenvalue weighted by atomic mass is 10.0. The van der Waals surface area contributed by atoms with Crippen molar-refractivity contribution in [3.63, 3.8) is 0 Å². The third-order valence-corrected chi connectivity index (χ3v) is 3.70. The van der Waals surface area contributed by atoms with Crippen molar-refractivity contribution in [1.29, 1.82) is 0 Å². The Bertz CT molecular complexity index is 654. The van der Waals surface area contributed by atoms with Crippen LogP contribution in [0, 0.1) is 0 Å². The summed E-state index contributed by atoms with van der Waals surface area (Å²) >= 11 is 9.36. The molecule has 0 unspecified atom stereocenters. The molecule has 90 valence electrons. The van der Waals surface area contributed by atoms with Gasteiger partial charge in [-0.25, -0.2) is 0 Å². The number of anilines is 2. The largest absolute Gasteiger partial charge is 0.355 e. The predicted molar refractivity (Wildman–Crippen MR) is 76.9 cm³/mol. The van der Waals surface area contributed by atoms with Gasteiger partial charge >= 0.3 is 0 Å². The summed E-state index contributed by atoms with van der Waals surface area (Å²) < 4.78 is 0.903. The molecule has 2 nitrogen and oxygen atoms in total. The van der Waals surface area contributed by atoms with E-state index in [4.69, 9.17) is 11.6 Å². The third-order valence-electron chi connectivity index (χ3n) is 2.97. The molecule has 4 heteroatoms. The first-order valence-electron chi connectivity index (χ1n) is 5.52. The highest BCUT2D eigenvalue weighted by atomic mass is 79.9. The lowest BCUT2D eigenvalue weighted by molar-refractivity contribution is 0.0994. The van der Waals surface area contributed by atoms with E-state index in [9.17, 15) is 4.79 Å². The van der Waals surface area contributed by atoms with Gasteiger partial charge in [-0.15, -0.1) is 0 Å². The number of hydrogen-bond donors (Lipinski definition) is 1. The van der Waals surface area contributed by atoms with Crippen LogP contribution in [0.2, 0.25) is 5.02 Å². The van der Waals surface area contributed by atoms with E-state index in [1.807, 2.05) is 36.4 Å². The summed E-state index contributed by atoms with van der Waals surface area (Å²) in [5.74, 6) is 0.0971. The van der Waals surface area contributed by atoms with Crippen molar-refractivity contribution in [2.45, 2.75) is 6.42 Å². The number of nitrogens with one attached hydrogen (secondary N) is 1. The Labute approximate surface area is 118 Å². The maximum atomic E-state index is 12.2. The molecule has 0 saturated carbocycles. The minimum absolute atomic E-state index is 0.0971. The molecule has 1 N–H and O–H groups in total. The number of hydrogen-bond acceptors (Lipinski definition) is 2. The standard InChI is InChI=1S/C14H9BrClNO/c15-9-1-3-13-11(7-9)14(18)6-8-5-10(16)2-4-12(8)17-13/h1-5,7,17H,6H2. The second kappa shape index (κ2) is 4.41. The first-order valence-corrected chi connectivity index (χ1v) is 6.69. The maximum Gasteiger partial charge on any atom is 0.169 e. The average Bonchev–Trinajstić information content (AvgIpc) is 2.46. The van der Waals surface area contributed by atoms with Crippen molar-refractivity contribution in [2.75, 3.05) is 5.32 Å². The third kappa shape index (κ3) is 2.04. The van der Waals surface area contributed by atoms with Crippen LogP contribution >= 0.6 is 27.5 Å². The van der Waals surface area contributed by atoms with Gasteiger partial charge in [0.2, 0.25) is 0 Å². The summed E-state index contributed by atoms with van der Waals surface area (Å²) in [7, 11) is 0. The second-order valence-electron chi connectivity index (χ2n) is 4.22. The maximum absolute atomic E-state index is 12.2. The number of carbonyl (C=O) groups is 1. The lowest BCUT2D eigenvalue weighted by Crippen LogP contribution is -2.02. The fourth-order valence-electron chi connectivity index (χ4n) is 2.10. The Kier molecular flexibility index (Phi) is 2.88. The van der Waals surface area contributed by atoms with E-state index in [2.05, 4.69) is 21.2 Å². The lowest BCUT2D eigenvalue weighted by Gasteiger charge is -2.09. The predicted octanol–water partition coefficient (Wildman–Crippen LogP) is 4.58. The molecule has 0 saturated heterocycles. The molecule has 3 rings (SSSR count). The Hall–Kier alpha value is -1.32. The molecular weight excluding hydrogens is 314 g/mol. The average molecular weight is 323 g/mol. The number of halogens is 2. The SMILES string of the molecule is O=C1Cc2cc(Cl)ccc2Nc2ccc(Br)cc21. The van der Waals surface area contributed by atoms with Gasteiger partial charge in [0.05, 0.1) is 0 Å². The number of rotatable bonds is 0. The molecule has 0 atom stereocenters. The molecule has 2 aromatic carbocycles. The van der Waals surface area contributed by atoms with Gasteiger partial charge in [0, 0.05) is 32.9 Å². The van der Waals surface area contributed by atoms with E-state index < -0.39 is 0 Å². The number of carbonyl (C=O) groups excluding carboxylic acids is 1. The monoisotopic (exact) mass is 321 g/mol. The molecule has 1 aliphatic heterocycles. The number of benzene rings is 2. The first kappa shape index (κ1) is 11.8. The van der Waals surface area contributed by atoms with Crippen LogP contribution in [0.15, 0.2) is 40.9 Å². The molecule has 0 aromatic heterocycles. The van der Waals surface area contributed by atoms with Gasteiger partial charge in [0.25, 0.3) is 0 Å². The number of ketones is 1. The summed E-state index contributed by atoms with van der Waals surface area (Å²) in [6, 6.07) is 11.2. The van der Waals surface area contributed by atoms with Crippen molar-refractivity contribution < 1.29 is 4.79 Å². The molecule has 0 aliphatic carbocycles. The smallest absolute Gasteiger partial charge is 0.169 e. The fraction of sp³-hybridized carbons (Fsp3) is 0.0714. The topological polar surface area (TPSA) is 29.1 Å². The van der Waals surface area contributed by atoms with E-state index in [1.54, 1.807) is 0 Å². The van der Waals surface area contributed by atoms with E-state index in [-0.39, 0.29) is 5.78 Å². The quantitative estimate of drug-likeness (QED) is 0.769. The van der Waals surface area contributed by atoms with Crippen LogP contribution in [0.4, 0.5) is 11.4 Å². The summed E-state index contributed by atoms with van der Waals surface area (Å²) in [5, 5.41) is 3.94. The van der Waals surface area contributed by atoms with Crippen LogP contribution in [0.1, 0.15) is 15.9 Å². The Balaban J connectivity index is 2.16. The Morgan fingerprint density at radius 1 is 1.11 bits per heavy atom. The summed E-state index contributed by atoms with van der Waals surface area (Å²) in [6.45, 7) is 0. The zero-order valence-electron chi connectivity index (χ0n) is 9.34. The molecule has 0 amide bonds. The second-order valence-corrected chi connectivity index (χ2v) is 5.57. The highest BCUT2D eigenvalue weighted by molar-refractivity contribution is 9.10.